The molecule has 17 heavy (non-hydrogen) atoms. The maximum atomic E-state index is 11.7. The van der Waals surface area contributed by atoms with Crippen molar-refractivity contribution in [2.45, 2.75) is 46.0 Å². The molecule has 0 saturated carbocycles. The number of carbonyl (C=O) groups excluding carboxylic acids is 1. The number of carbonyl (C=O) groups is 1. The van der Waals surface area contributed by atoms with Gasteiger partial charge in [0.25, 0.3) is 0 Å². The molecule has 0 bridgehead atoms. The second-order valence-corrected chi connectivity index (χ2v) is 4.96. The molecule has 2 atom stereocenters. The molecule has 100 valence electrons. The van der Waals surface area contributed by atoms with Crippen LogP contribution in [0.2, 0.25) is 0 Å². The van der Waals surface area contributed by atoms with Gasteiger partial charge in [-0.3, -0.25) is 4.79 Å². The Morgan fingerprint density at radius 3 is 2.88 bits per heavy atom. The van der Waals surface area contributed by atoms with E-state index in [2.05, 4.69) is 13.8 Å². The highest BCUT2D eigenvalue weighted by molar-refractivity contribution is 5.82. The zero-order valence-electron chi connectivity index (χ0n) is 11.2. The summed E-state index contributed by atoms with van der Waals surface area (Å²) in [5.74, 6) is 0.918. The molecule has 0 aromatic carbocycles. The van der Waals surface area contributed by atoms with E-state index in [4.69, 9.17) is 9.47 Å². The van der Waals surface area contributed by atoms with Gasteiger partial charge in [-0.2, -0.15) is 0 Å². The molecule has 2 unspecified atom stereocenters. The number of unbranched alkanes of at least 4 members (excludes halogenated alkanes) is 1. The third-order valence-corrected chi connectivity index (χ3v) is 3.53. The fourth-order valence-electron chi connectivity index (χ4n) is 2.13. The van der Waals surface area contributed by atoms with Crippen molar-refractivity contribution in [1.82, 2.24) is 0 Å². The molecule has 1 fully saturated rings. The lowest BCUT2D eigenvalue weighted by molar-refractivity contribution is -0.128. The second kappa shape index (κ2) is 8.65. The number of ether oxygens (including phenoxy) is 2. The molecule has 0 radical (unpaired) electrons. The predicted molar refractivity (Wildman–Crippen MR) is 68.1 cm³/mol. The van der Waals surface area contributed by atoms with Crippen molar-refractivity contribution in [3.63, 3.8) is 0 Å². The van der Waals surface area contributed by atoms with Gasteiger partial charge in [-0.05, 0) is 18.8 Å². The molecule has 0 N–H and O–H groups in total. The molecule has 0 aromatic heterocycles. The van der Waals surface area contributed by atoms with Gasteiger partial charge in [0.1, 0.15) is 6.61 Å². The van der Waals surface area contributed by atoms with E-state index in [-0.39, 0.29) is 18.3 Å². The summed E-state index contributed by atoms with van der Waals surface area (Å²) >= 11 is 0. The van der Waals surface area contributed by atoms with E-state index >= 15 is 0 Å². The number of ketones is 1. The van der Waals surface area contributed by atoms with E-state index in [9.17, 15) is 4.79 Å². The van der Waals surface area contributed by atoms with Crippen LogP contribution in [0.15, 0.2) is 0 Å². The summed E-state index contributed by atoms with van der Waals surface area (Å²) in [6.07, 6.45) is 5.71. The molecule has 1 rings (SSSR count). The summed E-state index contributed by atoms with van der Waals surface area (Å²) in [5.41, 5.74) is 0. The first-order chi connectivity index (χ1) is 8.27. The summed E-state index contributed by atoms with van der Waals surface area (Å²) in [6, 6.07) is 0. The lowest BCUT2D eigenvalue weighted by Gasteiger charge is -2.15. The quantitative estimate of drug-likeness (QED) is 0.623. The number of Topliss-reactive ketones (excluding diaryl/α,β-unsaturated/α-hetero) is 1. The predicted octanol–water partition coefficient (Wildman–Crippen LogP) is 2.83. The standard InChI is InChI=1S/C14H26O3/c1-3-5-6-12(4-2)9-17-11-14(15)13-7-8-16-10-13/h12-13H,3-11H2,1-2H3. The number of hydrogen-bond donors (Lipinski definition) is 0. The lowest BCUT2D eigenvalue weighted by atomic mass is 10.0. The number of rotatable bonds is 9. The molecule has 0 amide bonds. The molecule has 0 aliphatic carbocycles. The Hall–Kier alpha value is -0.410. The van der Waals surface area contributed by atoms with Crippen LogP contribution in [0.25, 0.3) is 0 Å². The summed E-state index contributed by atoms with van der Waals surface area (Å²) in [7, 11) is 0. The molecular formula is C14H26O3. The van der Waals surface area contributed by atoms with Gasteiger partial charge in [0.2, 0.25) is 0 Å². The summed E-state index contributed by atoms with van der Waals surface area (Å²) < 4.78 is 10.8. The fourth-order valence-corrected chi connectivity index (χ4v) is 2.13. The Labute approximate surface area is 105 Å². The Balaban J connectivity index is 2.10. The van der Waals surface area contributed by atoms with Crippen molar-refractivity contribution < 1.29 is 14.3 Å². The summed E-state index contributed by atoms with van der Waals surface area (Å²) in [5, 5.41) is 0. The van der Waals surface area contributed by atoms with Gasteiger partial charge in [0, 0.05) is 19.1 Å². The lowest BCUT2D eigenvalue weighted by Crippen LogP contribution is -2.22. The van der Waals surface area contributed by atoms with Crippen molar-refractivity contribution in [3.8, 4) is 0 Å². The second-order valence-electron chi connectivity index (χ2n) is 4.96. The third kappa shape index (κ3) is 5.64. The average molecular weight is 242 g/mol. The highest BCUT2D eigenvalue weighted by Crippen LogP contribution is 2.15. The SMILES string of the molecule is CCCCC(CC)COCC(=O)C1CCOC1. The first-order valence-corrected chi connectivity index (χ1v) is 6.96. The zero-order valence-corrected chi connectivity index (χ0v) is 11.2. The smallest absolute Gasteiger partial charge is 0.163 e. The van der Waals surface area contributed by atoms with Crippen LogP contribution in [0.1, 0.15) is 46.0 Å². The minimum atomic E-state index is 0.0886. The topological polar surface area (TPSA) is 35.5 Å². The van der Waals surface area contributed by atoms with Crippen LogP contribution in [0.5, 0.6) is 0 Å². The minimum Gasteiger partial charge on any atom is -0.381 e. The van der Waals surface area contributed by atoms with Gasteiger partial charge in [-0.1, -0.05) is 33.1 Å². The van der Waals surface area contributed by atoms with Crippen molar-refractivity contribution in [3.05, 3.63) is 0 Å². The molecule has 0 aromatic rings. The Bertz CT molecular complexity index is 210. The van der Waals surface area contributed by atoms with Crippen molar-refractivity contribution in [1.29, 1.82) is 0 Å². The first-order valence-electron chi connectivity index (χ1n) is 6.96. The monoisotopic (exact) mass is 242 g/mol. The summed E-state index contributed by atoms with van der Waals surface area (Å²) in [4.78, 5) is 11.7. The largest absolute Gasteiger partial charge is 0.381 e. The van der Waals surface area contributed by atoms with E-state index in [1.54, 1.807) is 0 Å². The van der Waals surface area contributed by atoms with Crippen molar-refractivity contribution >= 4 is 5.78 Å². The van der Waals surface area contributed by atoms with Crippen LogP contribution in [0, 0.1) is 11.8 Å². The van der Waals surface area contributed by atoms with Gasteiger partial charge >= 0.3 is 0 Å². The molecule has 1 aliphatic heterocycles. The van der Waals surface area contributed by atoms with Crippen LogP contribution in [0.3, 0.4) is 0 Å². The maximum Gasteiger partial charge on any atom is 0.163 e. The minimum absolute atomic E-state index is 0.0886. The zero-order chi connectivity index (χ0) is 12.5. The van der Waals surface area contributed by atoms with E-state index in [0.29, 0.717) is 12.5 Å². The Kier molecular flexibility index (Phi) is 7.45. The Morgan fingerprint density at radius 2 is 2.29 bits per heavy atom. The van der Waals surface area contributed by atoms with Gasteiger partial charge in [-0.15, -0.1) is 0 Å². The normalized spacial score (nSPS) is 21.6. The maximum absolute atomic E-state index is 11.7. The molecular weight excluding hydrogens is 216 g/mol. The first kappa shape index (κ1) is 14.7. The molecule has 3 heteroatoms. The molecule has 1 saturated heterocycles. The van der Waals surface area contributed by atoms with Crippen LogP contribution in [-0.4, -0.2) is 32.2 Å². The van der Waals surface area contributed by atoms with Crippen LogP contribution in [-0.2, 0) is 14.3 Å². The molecule has 3 nitrogen and oxygen atoms in total. The molecule has 0 spiro atoms. The van der Waals surface area contributed by atoms with Crippen LogP contribution in [0.4, 0.5) is 0 Å². The van der Waals surface area contributed by atoms with Crippen LogP contribution >= 0.6 is 0 Å². The van der Waals surface area contributed by atoms with E-state index in [1.807, 2.05) is 0 Å². The van der Waals surface area contributed by atoms with Gasteiger partial charge in [-0.25, -0.2) is 0 Å². The van der Waals surface area contributed by atoms with Crippen LogP contribution < -0.4 is 0 Å². The highest BCUT2D eigenvalue weighted by Gasteiger charge is 2.23. The fraction of sp³-hybridized carbons (Fsp3) is 0.929. The third-order valence-electron chi connectivity index (χ3n) is 3.53. The molecule has 1 aliphatic rings. The van der Waals surface area contributed by atoms with Crippen molar-refractivity contribution in [2.75, 3.05) is 26.4 Å². The van der Waals surface area contributed by atoms with Crippen molar-refractivity contribution in [2.24, 2.45) is 11.8 Å². The Morgan fingerprint density at radius 1 is 1.47 bits per heavy atom. The van der Waals surface area contributed by atoms with E-state index in [1.165, 1.54) is 19.3 Å². The van der Waals surface area contributed by atoms with Gasteiger partial charge in [0.15, 0.2) is 5.78 Å². The number of hydrogen-bond acceptors (Lipinski definition) is 3. The van der Waals surface area contributed by atoms with Gasteiger partial charge < -0.3 is 9.47 Å². The van der Waals surface area contributed by atoms with E-state index < -0.39 is 0 Å². The molecule has 1 heterocycles. The highest BCUT2D eigenvalue weighted by atomic mass is 16.5. The summed E-state index contributed by atoms with van der Waals surface area (Å²) in [6.45, 7) is 6.72. The van der Waals surface area contributed by atoms with E-state index in [0.717, 1.165) is 26.1 Å². The van der Waals surface area contributed by atoms with Gasteiger partial charge in [0.05, 0.1) is 6.61 Å². The average Bonchev–Trinajstić information content (AvgIpc) is 2.87.